The second-order valence-electron chi connectivity index (χ2n) is 5.98. The van der Waals surface area contributed by atoms with Crippen LogP contribution in [0.5, 0.6) is 11.6 Å². The van der Waals surface area contributed by atoms with Gasteiger partial charge in [-0.05, 0) is 31.9 Å². The Balaban J connectivity index is 1.39. The molecule has 1 aliphatic rings. The van der Waals surface area contributed by atoms with Gasteiger partial charge in [-0.2, -0.15) is 4.98 Å². The number of hydrogen-bond acceptors (Lipinski definition) is 7. The molecule has 2 aromatic heterocycles. The Kier molecular flexibility index (Phi) is 6.19. The summed E-state index contributed by atoms with van der Waals surface area (Å²) in [6.45, 7) is 4.53. The smallest absolute Gasteiger partial charge is 0.258 e. The molecular weight excluding hydrogens is 334 g/mol. The number of nitrogens with one attached hydrogen (secondary N) is 1. The molecule has 0 aliphatic carbocycles. The Hall–Kier alpha value is -2.90. The van der Waals surface area contributed by atoms with Crippen molar-refractivity contribution in [2.75, 3.05) is 37.7 Å². The minimum absolute atomic E-state index is 0.0581. The summed E-state index contributed by atoms with van der Waals surface area (Å²) >= 11 is 0. The second kappa shape index (κ2) is 8.98. The van der Waals surface area contributed by atoms with Crippen LogP contribution < -0.4 is 19.7 Å². The molecule has 1 fully saturated rings. The first-order chi connectivity index (χ1) is 12.7. The topological polar surface area (TPSA) is 89.5 Å². The van der Waals surface area contributed by atoms with Crippen LogP contribution in [-0.4, -0.2) is 53.7 Å². The molecule has 1 aliphatic heterocycles. The van der Waals surface area contributed by atoms with E-state index in [0.717, 1.165) is 18.9 Å². The average molecular weight is 357 g/mol. The maximum atomic E-state index is 11.8. The Morgan fingerprint density at radius 2 is 2.12 bits per heavy atom. The number of amides is 1. The van der Waals surface area contributed by atoms with Crippen molar-refractivity contribution in [1.82, 2.24) is 20.3 Å². The van der Waals surface area contributed by atoms with Crippen LogP contribution in [0.25, 0.3) is 0 Å². The SMILES string of the molecule is Cc1nc(OCCNC(=O)COc2cccnc2)cc(N2CCCC2)n1. The fourth-order valence-corrected chi connectivity index (χ4v) is 2.69. The van der Waals surface area contributed by atoms with Gasteiger partial charge in [0.05, 0.1) is 12.7 Å². The quantitative estimate of drug-likeness (QED) is 0.713. The highest BCUT2D eigenvalue weighted by Gasteiger charge is 2.15. The molecule has 0 saturated carbocycles. The molecule has 8 nitrogen and oxygen atoms in total. The van der Waals surface area contributed by atoms with Gasteiger partial charge in [0.2, 0.25) is 5.88 Å². The lowest BCUT2D eigenvalue weighted by molar-refractivity contribution is -0.123. The van der Waals surface area contributed by atoms with Gasteiger partial charge in [0, 0.05) is 25.4 Å². The fourth-order valence-electron chi connectivity index (χ4n) is 2.69. The van der Waals surface area contributed by atoms with E-state index in [-0.39, 0.29) is 12.5 Å². The van der Waals surface area contributed by atoms with Crippen LogP contribution in [0.3, 0.4) is 0 Å². The number of ether oxygens (including phenoxy) is 2. The lowest BCUT2D eigenvalue weighted by atomic mass is 10.4. The lowest BCUT2D eigenvalue weighted by Gasteiger charge is -2.17. The van der Waals surface area contributed by atoms with Crippen LogP contribution >= 0.6 is 0 Å². The average Bonchev–Trinajstić information content (AvgIpc) is 3.19. The zero-order valence-electron chi connectivity index (χ0n) is 14.9. The summed E-state index contributed by atoms with van der Waals surface area (Å²) in [4.78, 5) is 26.7. The Morgan fingerprint density at radius 1 is 1.27 bits per heavy atom. The molecule has 0 unspecified atom stereocenters. The van der Waals surface area contributed by atoms with Crippen LogP contribution in [0.2, 0.25) is 0 Å². The summed E-state index contributed by atoms with van der Waals surface area (Å²) in [5.41, 5.74) is 0. The largest absolute Gasteiger partial charge is 0.482 e. The van der Waals surface area contributed by atoms with E-state index in [1.807, 2.05) is 13.0 Å². The summed E-state index contributed by atoms with van der Waals surface area (Å²) in [6, 6.07) is 5.35. The highest BCUT2D eigenvalue weighted by molar-refractivity contribution is 5.77. The monoisotopic (exact) mass is 357 g/mol. The number of aryl methyl sites for hydroxylation is 1. The molecule has 26 heavy (non-hydrogen) atoms. The van der Waals surface area contributed by atoms with E-state index in [4.69, 9.17) is 9.47 Å². The number of pyridine rings is 1. The van der Waals surface area contributed by atoms with Crippen molar-refractivity contribution >= 4 is 11.7 Å². The number of nitrogens with zero attached hydrogens (tertiary/aromatic N) is 4. The van der Waals surface area contributed by atoms with E-state index < -0.39 is 0 Å². The van der Waals surface area contributed by atoms with Crippen molar-refractivity contribution in [3.8, 4) is 11.6 Å². The zero-order valence-corrected chi connectivity index (χ0v) is 14.9. The zero-order chi connectivity index (χ0) is 18.2. The van der Waals surface area contributed by atoms with Gasteiger partial charge in [-0.1, -0.05) is 0 Å². The van der Waals surface area contributed by atoms with Crippen LogP contribution in [0.15, 0.2) is 30.6 Å². The van der Waals surface area contributed by atoms with Crippen molar-refractivity contribution in [1.29, 1.82) is 0 Å². The summed E-state index contributed by atoms with van der Waals surface area (Å²) in [5.74, 6) is 2.45. The van der Waals surface area contributed by atoms with E-state index in [0.29, 0.717) is 30.6 Å². The van der Waals surface area contributed by atoms with Gasteiger partial charge in [0.1, 0.15) is 24.0 Å². The van der Waals surface area contributed by atoms with Crippen LogP contribution in [0.1, 0.15) is 18.7 Å². The van der Waals surface area contributed by atoms with Crippen LogP contribution in [0.4, 0.5) is 5.82 Å². The second-order valence-corrected chi connectivity index (χ2v) is 5.98. The van der Waals surface area contributed by atoms with Crippen molar-refractivity contribution in [2.24, 2.45) is 0 Å². The van der Waals surface area contributed by atoms with Gasteiger partial charge < -0.3 is 19.7 Å². The predicted molar refractivity (Wildman–Crippen MR) is 96.5 cm³/mol. The number of hydrogen-bond donors (Lipinski definition) is 1. The van der Waals surface area contributed by atoms with Crippen molar-refractivity contribution in [2.45, 2.75) is 19.8 Å². The van der Waals surface area contributed by atoms with Gasteiger partial charge in [-0.3, -0.25) is 9.78 Å². The van der Waals surface area contributed by atoms with Gasteiger partial charge in [0.25, 0.3) is 5.91 Å². The molecule has 0 spiro atoms. The molecule has 2 aromatic rings. The maximum absolute atomic E-state index is 11.8. The third-order valence-electron chi connectivity index (χ3n) is 3.91. The molecular formula is C18H23N5O3. The first kappa shape index (κ1) is 17.9. The third kappa shape index (κ3) is 5.30. The highest BCUT2D eigenvalue weighted by atomic mass is 16.5. The molecule has 8 heteroatoms. The summed E-state index contributed by atoms with van der Waals surface area (Å²) in [6.07, 6.45) is 5.58. The molecule has 1 saturated heterocycles. The van der Waals surface area contributed by atoms with Gasteiger partial charge >= 0.3 is 0 Å². The van der Waals surface area contributed by atoms with Gasteiger partial charge in [-0.15, -0.1) is 0 Å². The van der Waals surface area contributed by atoms with E-state index in [1.54, 1.807) is 24.5 Å². The maximum Gasteiger partial charge on any atom is 0.258 e. The highest BCUT2D eigenvalue weighted by Crippen LogP contribution is 2.21. The first-order valence-corrected chi connectivity index (χ1v) is 8.74. The number of carbonyl (C=O) groups is 1. The summed E-state index contributed by atoms with van der Waals surface area (Å²) in [7, 11) is 0. The number of rotatable bonds is 8. The standard InChI is InChI=1S/C18H23N5O3/c1-14-21-16(23-8-2-3-9-23)11-18(22-14)25-10-7-20-17(24)13-26-15-5-4-6-19-12-15/h4-6,11-12H,2-3,7-10,13H2,1H3,(H,20,24). The molecule has 0 radical (unpaired) electrons. The van der Waals surface area contributed by atoms with Crippen molar-refractivity contribution < 1.29 is 14.3 Å². The summed E-state index contributed by atoms with van der Waals surface area (Å²) in [5, 5.41) is 2.74. The Morgan fingerprint density at radius 3 is 2.88 bits per heavy atom. The van der Waals surface area contributed by atoms with Crippen LogP contribution in [-0.2, 0) is 4.79 Å². The summed E-state index contributed by atoms with van der Waals surface area (Å²) < 4.78 is 11.0. The van der Waals surface area contributed by atoms with Gasteiger partial charge in [0.15, 0.2) is 6.61 Å². The van der Waals surface area contributed by atoms with E-state index >= 15 is 0 Å². The van der Waals surface area contributed by atoms with E-state index in [2.05, 4.69) is 25.2 Å². The molecule has 1 amide bonds. The van der Waals surface area contributed by atoms with Gasteiger partial charge in [-0.25, -0.2) is 4.98 Å². The normalized spacial score (nSPS) is 13.5. The van der Waals surface area contributed by atoms with Crippen molar-refractivity contribution in [3.63, 3.8) is 0 Å². The van der Waals surface area contributed by atoms with E-state index in [9.17, 15) is 4.79 Å². The molecule has 3 rings (SSSR count). The first-order valence-electron chi connectivity index (χ1n) is 8.74. The lowest BCUT2D eigenvalue weighted by Crippen LogP contribution is -2.32. The number of anilines is 1. The number of carbonyl (C=O) groups excluding carboxylic acids is 1. The van der Waals surface area contributed by atoms with Crippen LogP contribution in [0, 0.1) is 6.92 Å². The molecule has 3 heterocycles. The molecule has 0 bridgehead atoms. The molecule has 138 valence electrons. The minimum Gasteiger partial charge on any atom is -0.482 e. The number of aromatic nitrogens is 3. The molecule has 1 N–H and O–H groups in total. The fraction of sp³-hybridized carbons (Fsp3) is 0.444. The molecule has 0 atom stereocenters. The Bertz CT molecular complexity index is 720. The third-order valence-corrected chi connectivity index (χ3v) is 3.91. The van der Waals surface area contributed by atoms with E-state index in [1.165, 1.54) is 12.8 Å². The minimum atomic E-state index is -0.214. The van der Waals surface area contributed by atoms with Crippen molar-refractivity contribution in [3.05, 3.63) is 36.4 Å². The molecule has 0 aromatic carbocycles. The predicted octanol–water partition coefficient (Wildman–Crippen LogP) is 1.35. The Labute approximate surface area is 152 Å².